The third-order valence-electron chi connectivity index (χ3n) is 6.08. The van der Waals surface area contributed by atoms with Gasteiger partial charge >= 0.3 is 5.97 Å². The first-order valence-electron chi connectivity index (χ1n) is 9.49. The highest BCUT2D eigenvalue weighted by molar-refractivity contribution is 6.30. The van der Waals surface area contributed by atoms with Gasteiger partial charge in [-0.25, -0.2) is 0 Å². The van der Waals surface area contributed by atoms with Crippen molar-refractivity contribution in [1.82, 2.24) is 4.90 Å². The van der Waals surface area contributed by atoms with Crippen molar-refractivity contribution in [2.45, 2.75) is 44.2 Å². The highest BCUT2D eigenvalue weighted by atomic mass is 35.5. The number of carbonyl (C=O) groups excluding carboxylic acids is 1. The number of hydrogen-bond donors (Lipinski definition) is 0. The second-order valence-electron chi connectivity index (χ2n) is 7.52. The van der Waals surface area contributed by atoms with E-state index >= 15 is 0 Å². The van der Waals surface area contributed by atoms with Crippen molar-refractivity contribution < 1.29 is 14.4 Å². The molecule has 0 aromatic heterocycles. The zero-order valence-corrected chi connectivity index (χ0v) is 15.9. The van der Waals surface area contributed by atoms with Crippen LogP contribution in [0, 0.1) is 11.8 Å². The smallest absolute Gasteiger partial charge is 0.308 e. The van der Waals surface area contributed by atoms with Crippen molar-refractivity contribution in [3.05, 3.63) is 34.9 Å². The summed E-state index contributed by atoms with van der Waals surface area (Å²) in [4.78, 5) is 20.9. The van der Waals surface area contributed by atoms with E-state index in [1.54, 1.807) is 0 Å². The molecule has 26 heavy (non-hydrogen) atoms. The summed E-state index contributed by atoms with van der Waals surface area (Å²) < 4.78 is 5.06. The van der Waals surface area contributed by atoms with E-state index in [2.05, 4.69) is 10.1 Å². The van der Waals surface area contributed by atoms with Gasteiger partial charge in [-0.15, -0.1) is 0 Å². The molecule has 0 N–H and O–H groups in total. The minimum Gasteiger partial charge on any atom is -0.469 e. The highest BCUT2D eigenvalue weighted by Gasteiger charge is 2.56. The normalized spacial score (nSPS) is 31.7. The molecule has 1 aromatic rings. The number of fused-ring (bicyclic) bond motifs is 1. The van der Waals surface area contributed by atoms with Crippen molar-refractivity contribution in [2.24, 2.45) is 17.0 Å². The molecule has 0 spiro atoms. The fourth-order valence-corrected chi connectivity index (χ4v) is 4.91. The molecule has 0 radical (unpaired) electrons. The number of carbonyl (C=O) groups is 1. The molecule has 2 aliphatic heterocycles. The Kier molecular flexibility index (Phi) is 4.93. The van der Waals surface area contributed by atoms with Crippen LogP contribution >= 0.6 is 11.6 Å². The van der Waals surface area contributed by atoms with Crippen molar-refractivity contribution in [3.8, 4) is 0 Å². The van der Waals surface area contributed by atoms with Crippen molar-refractivity contribution in [1.29, 1.82) is 0 Å². The van der Waals surface area contributed by atoms with Gasteiger partial charge in [0.2, 0.25) is 5.72 Å². The van der Waals surface area contributed by atoms with E-state index in [-0.39, 0.29) is 17.8 Å². The van der Waals surface area contributed by atoms with Gasteiger partial charge < -0.3 is 9.57 Å². The molecule has 4 rings (SSSR count). The first-order chi connectivity index (χ1) is 12.6. The van der Waals surface area contributed by atoms with Crippen LogP contribution in [-0.4, -0.2) is 42.5 Å². The molecular formula is C20H25ClN2O3. The Morgan fingerprint density at radius 2 is 1.96 bits per heavy atom. The molecule has 3 atom stereocenters. The number of halogens is 1. The first-order valence-corrected chi connectivity index (χ1v) is 9.87. The highest BCUT2D eigenvalue weighted by Crippen LogP contribution is 2.47. The predicted octanol–water partition coefficient (Wildman–Crippen LogP) is 3.85. The lowest BCUT2D eigenvalue weighted by Gasteiger charge is -2.40. The molecule has 0 amide bonds. The van der Waals surface area contributed by atoms with Gasteiger partial charge in [0.25, 0.3) is 0 Å². The molecule has 1 saturated carbocycles. The van der Waals surface area contributed by atoms with Gasteiger partial charge in [0.05, 0.1) is 24.7 Å². The third kappa shape index (κ3) is 3.01. The summed E-state index contributed by atoms with van der Waals surface area (Å²) in [5.74, 6) is -0.102. The Hall–Kier alpha value is -1.59. The second kappa shape index (κ2) is 7.20. The van der Waals surface area contributed by atoms with Crippen LogP contribution < -0.4 is 0 Å². The Morgan fingerprint density at radius 1 is 1.23 bits per heavy atom. The number of benzene rings is 1. The maximum Gasteiger partial charge on any atom is 0.308 e. The number of nitrogens with zero attached hydrogens (tertiary/aromatic N) is 2. The van der Waals surface area contributed by atoms with Crippen molar-refractivity contribution in [2.75, 3.05) is 20.2 Å². The summed E-state index contributed by atoms with van der Waals surface area (Å²) in [5.41, 5.74) is 1.51. The standard InChI is InChI=1S/C20H25ClN2O3/c1-25-19(24)15-5-4-6-17-18(14-7-9-16(21)10-8-14)22-26-20(17,13-15)23-11-2-3-12-23/h7-10,15,17H,2-6,11-13H2,1H3. The zero-order chi connectivity index (χ0) is 18.1. The van der Waals surface area contributed by atoms with E-state index in [0.717, 1.165) is 56.5 Å². The average molecular weight is 377 g/mol. The van der Waals surface area contributed by atoms with Gasteiger partial charge in [0, 0.05) is 24.5 Å². The lowest BCUT2D eigenvalue weighted by atomic mass is 9.82. The molecule has 6 heteroatoms. The van der Waals surface area contributed by atoms with E-state index in [9.17, 15) is 4.79 Å². The Labute approximate surface area is 159 Å². The molecule has 0 bridgehead atoms. The molecule has 5 nitrogen and oxygen atoms in total. The molecule has 2 fully saturated rings. The number of oxime groups is 1. The quantitative estimate of drug-likeness (QED) is 0.752. The fourth-order valence-electron chi connectivity index (χ4n) is 4.78. The number of hydrogen-bond acceptors (Lipinski definition) is 5. The maximum absolute atomic E-state index is 12.3. The minimum absolute atomic E-state index is 0.132. The van der Waals surface area contributed by atoms with E-state index in [0.29, 0.717) is 11.4 Å². The number of likely N-dealkylation sites (tertiary alicyclic amines) is 1. The molecular weight excluding hydrogens is 352 g/mol. The van der Waals surface area contributed by atoms with Crippen LogP contribution in [-0.2, 0) is 14.4 Å². The summed E-state index contributed by atoms with van der Waals surface area (Å²) in [7, 11) is 1.47. The van der Waals surface area contributed by atoms with Crippen LogP contribution in [0.2, 0.25) is 5.02 Å². The van der Waals surface area contributed by atoms with E-state index < -0.39 is 5.72 Å². The molecule has 2 heterocycles. The first kappa shape index (κ1) is 17.8. The Morgan fingerprint density at radius 3 is 2.65 bits per heavy atom. The van der Waals surface area contributed by atoms with Crippen LogP contribution in [0.25, 0.3) is 0 Å². The molecule has 3 unspecified atom stereocenters. The minimum atomic E-state index is -0.527. The molecule has 1 saturated heterocycles. The zero-order valence-electron chi connectivity index (χ0n) is 15.1. The summed E-state index contributed by atoms with van der Waals surface area (Å²) in [6, 6.07) is 7.80. The van der Waals surface area contributed by atoms with Gasteiger partial charge in [-0.2, -0.15) is 0 Å². The number of esters is 1. The van der Waals surface area contributed by atoms with Crippen molar-refractivity contribution in [3.63, 3.8) is 0 Å². The topological polar surface area (TPSA) is 51.1 Å². The van der Waals surface area contributed by atoms with Gasteiger partial charge in [-0.3, -0.25) is 9.69 Å². The van der Waals surface area contributed by atoms with Crippen LogP contribution in [0.5, 0.6) is 0 Å². The van der Waals surface area contributed by atoms with Gasteiger partial charge in [-0.1, -0.05) is 35.3 Å². The lowest BCUT2D eigenvalue weighted by molar-refractivity contribution is -0.172. The van der Waals surface area contributed by atoms with Crippen LogP contribution in [0.4, 0.5) is 0 Å². The maximum atomic E-state index is 12.3. The monoisotopic (exact) mass is 376 g/mol. The SMILES string of the molecule is COC(=O)C1CCCC2C(c3ccc(Cl)cc3)=NOC2(N2CCCC2)C1. The van der Waals surface area contributed by atoms with Gasteiger partial charge in [-0.05, 0) is 43.4 Å². The summed E-state index contributed by atoms with van der Waals surface area (Å²) in [5, 5.41) is 5.25. The van der Waals surface area contributed by atoms with Crippen LogP contribution in [0.15, 0.2) is 29.4 Å². The van der Waals surface area contributed by atoms with E-state index in [1.807, 2.05) is 24.3 Å². The van der Waals surface area contributed by atoms with Gasteiger partial charge in [0.15, 0.2) is 0 Å². The summed E-state index contributed by atoms with van der Waals surface area (Å²) in [6.07, 6.45) is 5.75. The number of ether oxygens (including phenoxy) is 1. The second-order valence-corrected chi connectivity index (χ2v) is 7.96. The molecule has 1 aromatic carbocycles. The Balaban J connectivity index is 1.69. The number of methoxy groups -OCH3 is 1. The van der Waals surface area contributed by atoms with Crippen LogP contribution in [0.3, 0.4) is 0 Å². The molecule has 3 aliphatic rings. The fraction of sp³-hybridized carbons (Fsp3) is 0.600. The molecule has 140 valence electrons. The molecule has 1 aliphatic carbocycles. The van der Waals surface area contributed by atoms with Crippen molar-refractivity contribution >= 4 is 23.3 Å². The number of rotatable bonds is 3. The van der Waals surface area contributed by atoms with E-state index in [1.165, 1.54) is 7.11 Å². The third-order valence-corrected chi connectivity index (χ3v) is 6.33. The van der Waals surface area contributed by atoms with E-state index in [4.69, 9.17) is 21.2 Å². The lowest BCUT2D eigenvalue weighted by Crippen LogP contribution is -2.54. The Bertz CT molecular complexity index is 700. The summed E-state index contributed by atoms with van der Waals surface area (Å²) in [6.45, 7) is 1.99. The predicted molar refractivity (Wildman–Crippen MR) is 100 cm³/mol. The average Bonchev–Trinajstić information content (AvgIpc) is 3.27. The summed E-state index contributed by atoms with van der Waals surface area (Å²) >= 11 is 6.05. The van der Waals surface area contributed by atoms with Crippen LogP contribution in [0.1, 0.15) is 44.1 Å². The van der Waals surface area contributed by atoms with Gasteiger partial charge in [0.1, 0.15) is 0 Å². The largest absolute Gasteiger partial charge is 0.469 e.